The Labute approximate surface area is 146 Å². The molecular weight excluding hydrogens is 322 g/mol. The van der Waals surface area contributed by atoms with Gasteiger partial charge in [0.1, 0.15) is 12.4 Å². The van der Waals surface area contributed by atoms with Gasteiger partial charge >= 0.3 is 0 Å². The molecule has 2 unspecified atom stereocenters. The molecule has 1 N–H and O–H groups in total. The van der Waals surface area contributed by atoms with E-state index < -0.39 is 0 Å². The Bertz CT molecular complexity index is 656. The molecule has 1 saturated carbocycles. The predicted molar refractivity (Wildman–Crippen MR) is 95.5 cm³/mol. The lowest BCUT2D eigenvalue weighted by molar-refractivity contribution is -0.124. The van der Waals surface area contributed by atoms with Gasteiger partial charge in [-0.3, -0.25) is 4.79 Å². The molecule has 1 aliphatic rings. The van der Waals surface area contributed by atoms with Gasteiger partial charge in [0.2, 0.25) is 5.91 Å². The SMILES string of the molecule is CNC(=O)C1CCC(COc2cc(COc3ccccc3)cs2)C1. The van der Waals surface area contributed by atoms with Crippen LogP contribution in [-0.4, -0.2) is 19.6 Å². The van der Waals surface area contributed by atoms with Crippen molar-refractivity contribution >= 4 is 17.2 Å². The molecule has 1 amide bonds. The van der Waals surface area contributed by atoms with E-state index >= 15 is 0 Å². The maximum absolute atomic E-state index is 11.7. The van der Waals surface area contributed by atoms with Crippen LogP contribution in [0.25, 0.3) is 0 Å². The number of thiophene rings is 1. The topological polar surface area (TPSA) is 47.6 Å². The summed E-state index contributed by atoms with van der Waals surface area (Å²) >= 11 is 1.60. The van der Waals surface area contributed by atoms with Crippen molar-refractivity contribution in [2.24, 2.45) is 11.8 Å². The van der Waals surface area contributed by atoms with Gasteiger partial charge in [-0.2, -0.15) is 0 Å². The summed E-state index contributed by atoms with van der Waals surface area (Å²) in [6.45, 7) is 1.24. The predicted octanol–water partition coefficient (Wildman–Crippen LogP) is 3.87. The van der Waals surface area contributed by atoms with Crippen LogP contribution in [-0.2, 0) is 11.4 Å². The summed E-state index contributed by atoms with van der Waals surface area (Å²) in [5, 5.41) is 5.73. The summed E-state index contributed by atoms with van der Waals surface area (Å²) in [6, 6.07) is 11.8. The first-order valence-corrected chi connectivity index (χ1v) is 9.22. The van der Waals surface area contributed by atoms with Crippen LogP contribution in [0.2, 0.25) is 0 Å². The zero-order valence-electron chi connectivity index (χ0n) is 13.9. The highest BCUT2D eigenvalue weighted by molar-refractivity contribution is 7.12. The molecule has 0 saturated heterocycles. The number of ether oxygens (including phenoxy) is 2. The van der Waals surface area contributed by atoms with Crippen molar-refractivity contribution in [3.8, 4) is 10.8 Å². The van der Waals surface area contributed by atoms with Gasteiger partial charge in [0.25, 0.3) is 0 Å². The third-order valence-corrected chi connectivity index (χ3v) is 5.29. The van der Waals surface area contributed by atoms with Gasteiger partial charge in [0.05, 0.1) is 6.61 Å². The number of nitrogens with one attached hydrogen (secondary N) is 1. The molecule has 3 rings (SSSR count). The van der Waals surface area contributed by atoms with Crippen molar-refractivity contribution in [2.45, 2.75) is 25.9 Å². The molecule has 4 nitrogen and oxygen atoms in total. The second-order valence-electron chi connectivity index (χ2n) is 6.18. The largest absolute Gasteiger partial charge is 0.489 e. The second-order valence-corrected chi connectivity index (χ2v) is 7.05. The average molecular weight is 345 g/mol. The van der Waals surface area contributed by atoms with Gasteiger partial charge in [-0.1, -0.05) is 18.2 Å². The number of benzene rings is 1. The number of rotatable bonds is 7. The van der Waals surface area contributed by atoms with Gasteiger partial charge < -0.3 is 14.8 Å². The summed E-state index contributed by atoms with van der Waals surface area (Å²) in [5.41, 5.74) is 1.12. The molecule has 1 aliphatic carbocycles. The van der Waals surface area contributed by atoms with Crippen LogP contribution in [0.5, 0.6) is 10.8 Å². The van der Waals surface area contributed by atoms with E-state index in [0.29, 0.717) is 19.1 Å². The lowest BCUT2D eigenvalue weighted by Gasteiger charge is -2.11. The first-order valence-electron chi connectivity index (χ1n) is 8.34. The summed E-state index contributed by atoms with van der Waals surface area (Å²) in [5.74, 6) is 1.66. The molecule has 1 aromatic carbocycles. The van der Waals surface area contributed by atoms with Crippen molar-refractivity contribution in [2.75, 3.05) is 13.7 Å². The van der Waals surface area contributed by atoms with Crippen molar-refractivity contribution < 1.29 is 14.3 Å². The van der Waals surface area contributed by atoms with Crippen molar-refractivity contribution in [3.63, 3.8) is 0 Å². The van der Waals surface area contributed by atoms with Crippen LogP contribution in [0.1, 0.15) is 24.8 Å². The summed E-state index contributed by atoms with van der Waals surface area (Å²) in [7, 11) is 1.71. The Morgan fingerprint density at radius 1 is 1.25 bits per heavy atom. The third-order valence-electron chi connectivity index (χ3n) is 4.40. The van der Waals surface area contributed by atoms with E-state index in [4.69, 9.17) is 9.47 Å². The number of amides is 1. The van der Waals surface area contributed by atoms with Crippen LogP contribution >= 0.6 is 11.3 Å². The molecule has 1 aromatic heterocycles. The normalized spacial score (nSPS) is 19.9. The minimum atomic E-state index is 0.154. The Morgan fingerprint density at radius 3 is 2.88 bits per heavy atom. The highest BCUT2D eigenvalue weighted by Gasteiger charge is 2.29. The third kappa shape index (κ3) is 4.51. The van der Waals surface area contributed by atoms with Gasteiger partial charge in [0.15, 0.2) is 5.06 Å². The summed E-state index contributed by atoms with van der Waals surface area (Å²) in [4.78, 5) is 11.7. The van der Waals surface area contributed by atoms with E-state index in [0.717, 1.165) is 35.6 Å². The lowest BCUT2D eigenvalue weighted by Crippen LogP contribution is -2.25. The Kier molecular flexibility index (Phi) is 5.75. The summed E-state index contributed by atoms with van der Waals surface area (Å²) < 4.78 is 11.7. The molecule has 1 heterocycles. The molecule has 128 valence electrons. The molecule has 1 fully saturated rings. The van der Waals surface area contributed by atoms with Crippen LogP contribution in [0, 0.1) is 11.8 Å². The molecule has 2 aromatic rings. The molecule has 24 heavy (non-hydrogen) atoms. The number of hydrogen-bond acceptors (Lipinski definition) is 4. The van der Waals surface area contributed by atoms with E-state index in [1.165, 1.54) is 0 Å². The molecule has 0 radical (unpaired) electrons. The van der Waals surface area contributed by atoms with Gasteiger partial charge in [-0.05, 0) is 43.4 Å². The zero-order valence-corrected chi connectivity index (χ0v) is 14.7. The van der Waals surface area contributed by atoms with E-state index in [2.05, 4.69) is 10.7 Å². The minimum Gasteiger partial charge on any atom is -0.489 e. The molecule has 5 heteroatoms. The minimum absolute atomic E-state index is 0.154. The zero-order chi connectivity index (χ0) is 16.8. The number of para-hydroxylation sites is 1. The summed E-state index contributed by atoms with van der Waals surface area (Å²) in [6.07, 6.45) is 2.96. The van der Waals surface area contributed by atoms with Gasteiger partial charge in [0, 0.05) is 23.9 Å². The fourth-order valence-electron chi connectivity index (χ4n) is 3.06. The van der Waals surface area contributed by atoms with Crippen molar-refractivity contribution in [1.82, 2.24) is 5.32 Å². The number of hydrogen-bond donors (Lipinski definition) is 1. The molecule has 0 bridgehead atoms. The maximum Gasteiger partial charge on any atom is 0.222 e. The number of carbonyl (C=O) groups excluding carboxylic acids is 1. The highest BCUT2D eigenvalue weighted by Crippen LogP contribution is 2.32. The highest BCUT2D eigenvalue weighted by atomic mass is 32.1. The van der Waals surface area contributed by atoms with Crippen molar-refractivity contribution in [1.29, 1.82) is 0 Å². The van der Waals surface area contributed by atoms with E-state index in [9.17, 15) is 4.79 Å². The lowest BCUT2D eigenvalue weighted by atomic mass is 10.1. The number of carbonyl (C=O) groups is 1. The Hall–Kier alpha value is -2.01. The Morgan fingerprint density at radius 2 is 2.08 bits per heavy atom. The molecule has 2 atom stereocenters. The van der Waals surface area contributed by atoms with Crippen LogP contribution in [0.4, 0.5) is 0 Å². The van der Waals surface area contributed by atoms with Crippen molar-refractivity contribution in [3.05, 3.63) is 47.3 Å². The fourth-order valence-corrected chi connectivity index (χ4v) is 3.82. The second kappa shape index (κ2) is 8.20. The van der Waals surface area contributed by atoms with Gasteiger partial charge in [-0.25, -0.2) is 0 Å². The maximum atomic E-state index is 11.7. The standard InChI is InChI=1S/C19H23NO3S/c1-20-19(21)16-8-7-14(9-16)11-23-18-10-15(13-24-18)12-22-17-5-3-2-4-6-17/h2-6,10,13-14,16H,7-9,11-12H2,1H3,(H,20,21). The fraction of sp³-hybridized carbons (Fsp3) is 0.421. The van der Waals surface area contributed by atoms with E-state index in [1.807, 2.05) is 36.4 Å². The van der Waals surface area contributed by atoms with E-state index in [1.54, 1.807) is 18.4 Å². The van der Waals surface area contributed by atoms with E-state index in [-0.39, 0.29) is 11.8 Å². The van der Waals surface area contributed by atoms with Crippen LogP contribution < -0.4 is 14.8 Å². The van der Waals surface area contributed by atoms with Crippen LogP contribution in [0.3, 0.4) is 0 Å². The van der Waals surface area contributed by atoms with Crippen LogP contribution in [0.15, 0.2) is 41.8 Å². The quantitative estimate of drug-likeness (QED) is 0.829. The smallest absolute Gasteiger partial charge is 0.222 e. The first-order chi connectivity index (χ1) is 11.7. The van der Waals surface area contributed by atoms with Gasteiger partial charge in [-0.15, -0.1) is 11.3 Å². The monoisotopic (exact) mass is 345 g/mol. The first kappa shape index (κ1) is 16.8. The molecule has 0 aliphatic heterocycles. The molecular formula is C19H23NO3S. The molecule has 0 spiro atoms. The average Bonchev–Trinajstić information content (AvgIpc) is 3.28. The Balaban J connectivity index is 1.42.